The van der Waals surface area contributed by atoms with Gasteiger partial charge in [0.25, 0.3) is 0 Å². The molecule has 4 rings (SSSR count). The van der Waals surface area contributed by atoms with E-state index in [1.807, 2.05) is 0 Å². The molecule has 0 amide bonds. The van der Waals surface area contributed by atoms with E-state index in [0.29, 0.717) is 27.0 Å². The Kier molecular flexibility index (Phi) is 3.96. The fourth-order valence-electron chi connectivity index (χ4n) is 2.39. The Labute approximate surface area is 144 Å². The van der Waals surface area contributed by atoms with Crippen LogP contribution in [-0.4, -0.2) is 43.9 Å². The highest BCUT2D eigenvalue weighted by Gasteiger charge is 2.20. The molecule has 1 fully saturated rings. The smallest absolute Gasteiger partial charge is 0.307 e. The monoisotopic (exact) mass is 362 g/mol. The lowest BCUT2D eigenvalue weighted by molar-refractivity contribution is 0.455. The van der Waals surface area contributed by atoms with Crippen molar-refractivity contribution in [2.75, 3.05) is 18.5 Å². The number of hydrogen-bond donors (Lipinski definition) is 3. The van der Waals surface area contributed by atoms with E-state index in [0.717, 1.165) is 24.2 Å². The Morgan fingerprint density at radius 2 is 2.40 bits per heavy atom. The van der Waals surface area contributed by atoms with Crippen LogP contribution in [0.25, 0.3) is 11.7 Å². The number of aromatic amines is 1. The lowest BCUT2D eigenvalue weighted by atomic mass is 10.4. The first kappa shape index (κ1) is 15.8. The molecule has 0 atom stereocenters. The predicted molar refractivity (Wildman–Crippen MR) is 91.4 cm³/mol. The Balaban J connectivity index is 1.91. The molecule has 8 nitrogen and oxygen atoms in total. The highest BCUT2D eigenvalue weighted by molar-refractivity contribution is 7.10. The van der Waals surface area contributed by atoms with Crippen molar-refractivity contribution in [2.45, 2.75) is 18.9 Å². The van der Waals surface area contributed by atoms with Crippen molar-refractivity contribution in [3.05, 3.63) is 37.5 Å². The van der Waals surface area contributed by atoms with Gasteiger partial charge in [-0.1, -0.05) is 11.3 Å². The zero-order valence-electron chi connectivity index (χ0n) is 13.1. The minimum Gasteiger partial charge on any atom is -0.493 e. The molecule has 0 spiro atoms. The summed E-state index contributed by atoms with van der Waals surface area (Å²) < 4.78 is 14.1. The van der Waals surface area contributed by atoms with E-state index in [1.165, 1.54) is 0 Å². The van der Waals surface area contributed by atoms with Gasteiger partial charge in [-0.3, -0.25) is 14.8 Å². The number of H-pyrrole nitrogens is 1. The van der Waals surface area contributed by atoms with Gasteiger partial charge in [0.15, 0.2) is 11.1 Å². The normalized spacial score (nSPS) is 16.0. The SMILES string of the molecule is O=c1[nH]c(O)c(/C=c2/cnn3c(=NC4CC4)cc(NCCF)nc23)s1. The number of halogens is 1. The number of fused-ring (bicyclic) bond motifs is 1. The van der Waals surface area contributed by atoms with E-state index in [4.69, 9.17) is 0 Å². The second-order valence-corrected chi connectivity index (χ2v) is 6.70. The minimum absolute atomic E-state index is 0.152. The number of nitrogens with one attached hydrogen (secondary N) is 2. The van der Waals surface area contributed by atoms with Gasteiger partial charge in [-0.2, -0.15) is 9.61 Å². The number of alkyl halides is 1. The highest BCUT2D eigenvalue weighted by atomic mass is 32.1. The van der Waals surface area contributed by atoms with Crippen LogP contribution in [0, 0.1) is 0 Å². The highest BCUT2D eigenvalue weighted by Crippen LogP contribution is 2.22. The molecule has 10 heteroatoms. The third kappa shape index (κ3) is 3.25. The van der Waals surface area contributed by atoms with E-state index < -0.39 is 6.67 Å². The van der Waals surface area contributed by atoms with E-state index in [9.17, 15) is 14.3 Å². The predicted octanol–water partition coefficient (Wildman–Crippen LogP) is 0.177. The molecule has 0 aliphatic heterocycles. The molecule has 1 aliphatic carbocycles. The van der Waals surface area contributed by atoms with Crippen LogP contribution in [-0.2, 0) is 0 Å². The molecule has 0 saturated heterocycles. The van der Waals surface area contributed by atoms with Gasteiger partial charge in [0, 0.05) is 17.8 Å². The van der Waals surface area contributed by atoms with Crippen molar-refractivity contribution in [3.63, 3.8) is 0 Å². The molecule has 130 valence electrons. The molecule has 1 saturated carbocycles. The second-order valence-electron chi connectivity index (χ2n) is 5.68. The van der Waals surface area contributed by atoms with E-state index in [1.54, 1.807) is 22.9 Å². The number of rotatable bonds is 5. The minimum atomic E-state index is -0.509. The van der Waals surface area contributed by atoms with Crippen molar-refractivity contribution in [2.24, 2.45) is 4.99 Å². The molecule has 0 bridgehead atoms. The summed E-state index contributed by atoms with van der Waals surface area (Å²) in [5.41, 5.74) is 1.16. The van der Waals surface area contributed by atoms with E-state index in [2.05, 4.69) is 25.4 Å². The Hall–Kier alpha value is -2.75. The zero-order valence-corrected chi connectivity index (χ0v) is 13.9. The van der Waals surface area contributed by atoms with Gasteiger partial charge in [-0.15, -0.1) is 0 Å². The lowest BCUT2D eigenvalue weighted by Gasteiger charge is -2.03. The number of hydrogen-bond acceptors (Lipinski definition) is 7. The van der Waals surface area contributed by atoms with Crippen LogP contribution in [0.5, 0.6) is 5.88 Å². The van der Waals surface area contributed by atoms with Gasteiger partial charge in [0.05, 0.1) is 17.1 Å². The van der Waals surface area contributed by atoms with Crippen LogP contribution in [0.1, 0.15) is 17.7 Å². The Morgan fingerprint density at radius 1 is 1.56 bits per heavy atom. The fourth-order valence-corrected chi connectivity index (χ4v) is 3.07. The summed E-state index contributed by atoms with van der Waals surface area (Å²) in [6, 6.07) is 2.03. The summed E-state index contributed by atoms with van der Waals surface area (Å²) in [5, 5.41) is 17.6. The fraction of sp³-hybridized carbons (Fsp3) is 0.333. The maximum atomic E-state index is 12.5. The molecule has 3 heterocycles. The second kappa shape index (κ2) is 6.28. The maximum Gasteiger partial charge on any atom is 0.307 e. The zero-order chi connectivity index (χ0) is 17.4. The Morgan fingerprint density at radius 3 is 3.08 bits per heavy atom. The van der Waals surface area contributed by atoms with Crippen molar-refractivity contribution in [1.29, 1.82) is 0 Å². The van der Waals surface area contributed by atoms with Crippen molar-refractivity contribution < 1.29 is 9.50 Å². The molecule has 0 aromatic carbocycles. The number of aromatic nitrogens is 4. The molecule has 3 aromatic heterocycles. The summed E-state index contributed by atoms with van der Waals surface area (Å²) in [4.78, 5) is 22.8. The van der Waals surface area contributed by atoms with Gasteiger partial charge in [-0.05, 0) is 18.9 Å². The molecular formula is C15H15FN6O2S. The van der Waals surface area contributed by atoms with Crippen LogP contribution in [0.2, 0.25) is 0 Å². The summed E-state index contributed by atoms with van der Waals surface area (Å²) in [5.74, 6) is 0.315. The molecule has 3 N–H and O–H groups in total. The first-order valence-corrected chi connectivity index (χ1v) is 8.62. The van der Waals surface area contributed by atoms with E-state index >= 15 is 0 Å². The van der Waals surface area contributed by atoms with E-state index in [-0.39, 0.29) is 23.3 Å². The lowest BCUT2D eigenvalue weighted by Crippen LogP contribution is -2.20. The first-order valence-electron chi connectivity index (χ1n) is 7.80. The number of aromatic hydroxyl groups is 1. The average Bonchev–Trinajstić information content (AvgIpc) is 3.22. The van der Waals surface area contributed by atoms with Gasteiger partial charge in [0.2, 0.25) is 5.88 Å². The first-order chi connectivity index (χ1) is 12.1. The van der Waals surface area contributed by atoms with Crippen molar-refractivity contribution in [3.8, 4) is 5.88 Å². The largest absolute Gasteiger partial charge is 0.493 e. The number of anilines is 1. The number of nitrogens with zero attached hydrogens (tertiary/aromatic N) is 4. The Bertz CT molecular complexity index is 1100. The number of thiazole rings is 1. The van der Waals surface area contributed by atoms with Crippen molar-refractivity contribution in [1.82, 2.24) is 19.6 Å². The van der Waals surface area contributed by atoms with Crippen LogP contribution >= 0.6 is 11.3 Å². The third-order valence-electron chi connectivity index (χ3n) is 3.69. The third-order valence-corrected chi connectivity index (χ3v) is 4.50. The topological polar surface area (TPSA) is 108 Å². The molecule has 0 radical (unpaired) electrons. The summed E-state index contributed by atoms with van der Waals surface area (Å²) in [7, 11) is 0. The quantitative estimate of drug-likeness (QED) is 0.600. The molecule has 0 unspecified atom stereocenters. The molecular weight excluding hydrogens is 347 g/mol. The van der Waals surface area contributed by atoms with Crippen LogP contribution in [0.3, 0.4) is 0 Å². The van der Waals surface area contributed by atoms with Crippen LogP contribution in [0.4, 0.5) is 10.2 Å². The van der Waals surface area contributed by atoms with Gasteiger partial charge >= 0.3 is 4.87 Å². The van der Waals surface area contributed by atoms with Crippen molar-refractivity contribution >= 4 is 28.9 Å². The maximum absolute atomic E-state index is 12.5. The van der Waals surface area contributed by atoms with Gasteiger partial charge in [0.1, 0.15) is 12.5 Å². The molecule has 25 heavy (non-hydrogen) atoms. The average molecular weight is 362 g/mol. The standard InChI is InChI=1S/C15H15FN6O2S/c16-3-4-17-11-6-12(19-9-1-2-9)22-13(20-11)8(7-18-22)5-10-14(23)21-15(24)25-10/h5-7,9,17,23H,1-4H2,(H,21,24)/b8-5-,19-12?. The summed E-state index contributed by atoms with van der Waals surface area (Å²) in [6.45, 7) is -0.356. The molecule has 3 aromatic rings. The molecule has 1 aliphatic rings. The van der Waals surface area contributed by atoms with Gasteiger partial charge < -0.3 is 10.4 Å². The van der Waals surface area contributed by atoms with Crippen LogP contribution in [0.15, 0.2) is 22.1 Å². The summed E-state index contributed by atoms with van der Waals surface area (Å²) in [6.07, 6.45) is 5.31. The van der Waals surface area contributed by atoms with Crippen LogP contribution < -0.4 is 20.9 Å². The van der Waals surface area contributed by atoms with Gasteiger partial charge in [-0.25, -0.2) is 9.37 Å². The summed E-state index contributed by atoms with van der Waals surface area (Å²) >= 11 is 0.894.